The third-order valence-electron chi connectivity index (χ3n) is 3.47. The number of rotatable bonds is 4. The molecule has 110 valence electrons. The Kier molecular flexibility index (Phi) is 4.48. The number of ether oxygens (including phenoxy) is 1. The topological polar surface area (TPSA) is 64.3 Å². The van der Waals surface area contributed by atoms with E-state index in [1.807, 2.05) is 6.07 Å². The minimum absolute atomic E-state index is 0.390. The maximum absolute atomic E-state index is 11.5. The van der Waals surface area contributed by atoms with Gasteiger partial charge in [0.2, 0.25) is 0 Å². The monoisotopic (exact) mass is 284 g/mol. The highest BCUT2D eigenvalue weighted by Crippen LogP contribution is 2.29. The first kappa shape index (κ1) is 14.9. The number of carbonyl (C=O) groups is 1. The predicted octanol–water partition coefficient (Wildman–Crippen LogP) is 3.67. The second-order valence-electron chi connectivity index (χ2n) is 4.88. The number of nitrogen functional groups attached to an aromatic ring is 1. The van der Waals surface area contributed by atoms with Crippen molar-refractivity contribution in [2.24, 2.45) is 0 Å². The van der Waals surface area contributed by atoms with Gasteiger partial charge < -0.3 is 15.8 Å². The Morgan fingerprint density at radius 3 is 2.67 bits per heavy atom. The first-order valence-corrected chi connectivity index (χ1v) is 6.90. The van der Waals surface area contributed by atoms with Crippen molar-refractivity contribution in [1.82, 2.24) is 0 Å². The molecule has 4 nitrogen and oxygen atoms in total. The van der Waals surface area contributed by atoms with Gasteiger partial charge in [0.05, 0.1) is 24.0 Å². The number of nitrogens with two attached hydrogens (primary N) is 1. The average molecular weight is 284 g/mol. The number of hydrogen-bond donors (Lipinski definition) is 2. The van der Waals surface area contributed by atoms with Crippen LogP contribution >= 0.6 is 0 Å². The summed E-state index contributed by atoms with van der Waals surface area (Å²) in [5.74, 6) is -0.390. The smallest absolute Gasteiger partial charge is 0.337 e. The van der Waals surface area contributed by atoms with Gasteiger partial charge in [0.15, 0.2) is 0 Å². The van der Waals surface area contributed by atoms with Crippen LogP contribution in [0.15, 0.2) is 36.4 Å². The van der Waals surface area contributed by atoms with Crippen LogP contribution in [0.5, 0.6) is 0 Å². The molecule has 0 aliphatic heterocycles. The molecule has 2 rings (SSSR count). The van der Waals surface area contributed by atoms with Crippen molar-refractivity contribution in [2.75, 3.05) is 18.2 Å². The first-order valence-electron chi connectivity index (χ1n) is 6.90. The van der Waals surface area contributed by atoms with E-state index >= 15 is 0 Å². The molecule has 0 aromatic heterocycles. The van der Waals surface area contributed by atoms with Crippen molar-refractivity contribution in [3.05, 3.63) is 53.1 Å². The van der Waals surface area contributed by atoms with E-state index in [9.17, 15) is 4.79 Å². The van der Waals surface area contributed by atoms with Gasteiger partial charge in [-0.3, -0.25) is 0 Å². The molecule has 3 N–H and O–H groups in total. The summed E-state index contributed by atoms with van der Waals surface area (Å²) in [4.78, 5) is 11.5. The summed E-state index contributed by atoms with van der Waals surface area (Å²) in [6.07, 6.45) is 0.935. The maximum Gasteiger partial charge on any atom is 0.337 e. The summed E-state index contributed by atoms with van der Waals surface area (Å²) < 4.78 is 4.69. The van der Waals surface area contributed by atoms with Crippen LogP contribution in [0.1, 0.15) is 28.4 Å². The lowest BCUT2D eigenvalue weighted by atomic mass is 10.0. The van der Waals surface area contributed by atoms with E-state index in [2.05, 4.69) is 31.3 Å². The second-order valence-corrected chi connectivity index (χ2v) is 4.88. The normalized spacial score (nSPS) is 10.2. The molecule has 0 aliphatic rings. The van der Waals surface area contributed by atoms with Crippen molar-refractivity contribution in [1.29, 1.82) is 0 Å². The summed E-state index contributed by atoms with van der Waals surface area (Å²) in [5.41, 5.74) is 11.2. The Bertz CT molecular complexity index is 666. The molecule has 0 atom stereocenters. The van der Waals surface area contributed by atoms with E-state index in [0.717, 1.165) is 23.4 Å². The van der Waals surface area contributed by atoms with E-state index in [-0.39, 0.29) is 0 Å². The molecule has 2 aromatic rings. The van der Waals surface area contributed by atoms with Gasteiger partial charge >= 0.3 is 5.97 Å². The van der Waals surface area contributed by atoms with Crippen molar-refractivity contribution in [3.63, 3.8) is 0 Å². The highest BCUT2D eigenvalue weighted by molar-refractivity contribution is 5.92. The average Bonchev–Trinajstić information content (AvgIpc) is 2.50. The molecule has 0 saturated carbocycles. The van der Waals surface area contributed by atoms with E-state index < -0.39 is 5.97 Å². The molecule has 2 aromatic carbocycles. The zero-order valence-corrected chi connectivity index (χ0v) is 12.6. The molecule has 0 saturated heterocycles. The molecule has 0 spiro atoms. The third-order valence-corrected chi connectivity index (χ3v) is 3.47. The van der Waals surface area contributed by atoms with Crippen LogP contribution < -0.4 is 11.1 Å². The van der Waals surface area contributed by atoms with Crippen LogP contribution in [0.3, 0.4) is 0 Å². The number of methoxy groups -OCH3 is 1. The van der Waals surface area contributed by atoms with Crippen LogP contribution in [-0.4, -0.2) is 13.1 Å². The van der Waals surface area contributed by atoms with Gasteiger partial charge in [0.25, 0.3) is 0 Å². The molecule has 0 fully saturated rings. The molecular formula is C17H20N2O2. The summed E-state index contributed by atoms with van der Waals surface area (Å²) in [6, 6.07) is 11.3. The van der Waals surface area contributed by atoms with Crippen LogP contribution in [0.2, 0.25) is 0 Å². The Hall–Kier alpha value is -2.49. The molecule has 0 amide bonds. The highest BCUT2D eigenvalue weighted by Gasteiger charge is 2.10. The van der Waals surface area contributed by atoms with Crippen LogP contribution in [-0.2, 0) is 11.2 Å². The van der Waals surface area contributed by atoms with E-state index in [1.54, 1.807) is 18.2 Å². The SMILES string of the molecule is CCc1cccc(C)c1Nc1ccc(C(=O)OC)cc1N. The quantitative estimate of drug-likeness (QED) is 0.664. The maximum atomic E-state index is 11.5. The van der Waals surface area contributed by atoms with E-state index in [1.165, 1.54) is 12.7 Å². The third kappa shape index (κ3) is 3.16. The number of nitrogens with one attached hydrogen (secondary N) is 1. The Labute approximate surface area is 124 Å². The fourth-order valence-electron chi connectivity index (χ4n) is 2.26. The number of aryl methyl sites for hydroxylation is 2. The molecule has 0 bridgehead atoms. The van der Waals surface area contributed by atoms with Crippen molar-refractivity contribution >= 4 is 23.0 Å². The predicted molar refractivity (Wildman–Crippen MR) is 86.0 cm³/mol. The lowest BCUT2D eigenvalue weighted by Crippen LogP contribution is -2.05. The molecule has 0 aliphatic carbocycles. The van der Waals surface area contributed by atoms with Gasteiger partial charge in [-0.25, -0.2) is 4.79 Å². The second kappa shape index (κ2) is 6.31. The fraction of sp³-hybridized carbons (Fsp3) is 0.235. The van der Waals surface area contributed by atoms with Crippen LogP contribution in [0, 0.1) is 6.92 Å². The van der Waals surface area contributed by atoms with Gasteiger partial charge in [-0.1, -0.05) is 25.1 Å². The summed E-state index contributed by atoms with van der Waals surface area (Å²) in [7, 11) is 1.35. The van der Waals surface area contributed by atoms with Gasteiger partial charge in [-0.05, 0) is 42.7 Å². The van der Waals surface area contributed by atoms with Gasteiger partial charge in [0, 0.05) is 5.69 Å². The number of hydrogen-bond acceptors (Lipinski definition) is 4. The summed E-state index contributed by atoms with van der Waals surface area (Å²) in [6.45, 7) is 4.17. The Morgan fingerprint density at radius 2 is 2.05 bits per heavy atom. The van der Waals surface area contributed by atoms with Crippen molar-refractivity contribution in [2.45, 2.75) is 20.3 Å². The van der Waals surface area contributed by atoms with Crippen LogP contribution in [0.4, 0.5) is 17.1 Å². The van der Waals surface area contributed by atoms with Crippen molar-refractivity contribution in [3.8, 4) is 0 Å². The zero-order valence-electron chi connectivity index (χ0n) is 12.6. The lowest BCUT2D eigenvalue weighted by Gasteiger charge is -2.16. The number of carbonyl (C=O) groups excluding carboxylic acids is 1. The van der Waals surface area contributed by atoms with Crippen molar-refractivity contribution < 1.29 is 9.53 Å². The van der Waals surface area contributed by atoms with Gasteiger partial charge in [0.1, 0.15) is 0 Å². The minimum atomic E-state index is -0.390. The Morgan fingerprint density at radius 1 is 1.29 bits per heavy atom. The highest BCUT2D eigenvalue weighted by atomic mass is 16.5. The molecule has 0 heterocycles. The first-order chi connectivity index (χ1) is 10.1. The molecule has 0 radical (unpaired) electrons. The number of para-hydroxylation sites is 1. The standard InChI is InChI=1S/C17H20N2O2/c1-4-12-7-5-6-11(2)16(12)19-15-9-8-13(10-14(15)18)17(20)21-3/h5-10,19H,4,18H2,1-3H3. The minimum Gasteiger partial charge on any atom is -0.465 e. The van der Waals surface area contributed by atoms with E-state index in [4.69, 9.17) is 10.5 Å². The number of esters is 1. The summed E-state index contributed by atoms with van der Waals surface area (Å²) in [5, 5.41) is 3.37. The number of anilines is 3. The van der Waals surface area contributed by atoms with Gasteiger partial charge in [-0.2, -0.15) is 0 Å². The molecule has 0 unspecified atom stereocenters. The zero-order chi connectivity index (χ0) is 15.4. The van der Waals surface area contributed by atoms with Gasteiger partial charge in [-0.15, -0.1) is 0 Å². The number of benzene rings is 2. The summed E-state index contributed by atoms with van der Waals surface area (Å²) >= 11 is 0. The van der Waals surface area contributed by atoms with Crippen LogP contribution in [0.25, 0.3) is 0 Å². The lowest BCUT2D eigenvalue weighted by molar-refractivity contribution is 0.0601. The largest absolute Gasteiger partial charge is 0.465 e. The molecular weight excluding hydrogens is 264 g/mol. The molecule has 21 heavy (non-hydrogen) atoms. The van der Waals surface area contributed by atoms with E-state index in [0.29, 0.717) is 11.3 Å². The fourth-order valence-corrected chi connectivity index (χ4v) is 2.26. The molecule has 4 heteroatoms. The Balaban J connectivity index is 2.35.